The third kappa shape index (κ3) is 8.88. The maximum absolute atomic E-state index is 13.3. The van der Waals surface area contributed by atoms with Gasteiger partial charge in [0.2, 0.25) is 5.91 Å². The quantitative estimate of drug-likeness (QED) is 0.0753. The molecular weight excluding hydrogens is 564 g/mol. The number of hydrogen-bond donors (Lipinski definition) is 3. The predicted molar refractivity (Wildman–Crippen MR) is 170 cm³/mol. The van der Waals surface area contributed by atoms with Gasteiger partial charge in [0.15, 0.2) is 0 Å². The molecule has 0 atom stereocenters. The monoisotopic (exact) mass is 594 g/mol. The van der Waals surface area contributed by atoms with E-state index in [0.29, 0.717) is 17.2 Å². The lowest BCUT2D eigenvalue weighted by molar-refractivity contribution is -0.385. The molecule has 0 saturated heterocycles. The highest BCUT2D eigenvalue weighted by molar-refractivity contribution is 8.00. The number of thioether (sulfide) groups is 1. The molecule has 218 valence electrons. The van der Waals surface area contributed by atoms with Crippen molar-refractivity contribution in [3.05, 3.63) is 136 Å². The van der Waals surface area contributed by atoms with Gasteiger partial charge in [-0.25, -0.2) is 0 Å². The summed E-state index contributed by atoms with van der Waals surface area (Å²) >= 11 is 1.34. The second-order valence-electron chi connectivity index (χ2n) is 9.79. The Bertz CT molecular complexity index is 1640. The first kappa shape index (κ1) is 30.7. The Kier molecular flexibility index (Phi) is 10.4. The van der Waals surface area contributed by atoms with Crippen molar-refractivity contribution in [3.63, 3.8) is 0 Å². The van der Waals surface area contributed by atoms with Gasteiger partial charge in [-0.2, -0.15) is 0 Å². The zero-order valence-electron chi connectivity index (χ0n) is 23.6. The van der Waals surface area contributed by atoms with Crippen LogP contribution in [0.1, 0.15) is 41.3 Å². The summed E-state index contributed by atoms with van der Waals surface area (Å²) in [6.07, 6.45) is 1.27. The fourth-order valence-electron chi connectivity index (χ4n) is 4.00. The number of hydrogen-bond acceptors (Lipinski definition) is 6. The van der Waals surface area contributed by atoms with Crippen LogP contribution in [0.15, 0.2) is 114 Å². The van der Waals surface area contributed by atoms with Crippen molar-refractivity contribution < 1.29 is 19.3 Å². The zero-order valence-corrected chi connectivity index (χ0v) is 24.4. The summed E-state index contributed by atoms with van der Waals surface area (Å²) in [6, 6.07) is 28.9. The molecular formula is C33H30N4O5S. The third-order valence-electron chi connectivity index (χ3n) is 6.31. The van der Waals surface area contributed by atoms with Gasteiger partial charge in [0.05, 0.1) is 16.2 Å². The molecule has 9 nitrogen and oxygen atoms in total. The third-order valence-corrected chi connectivity index (χ3v) is 7.32. The van der Waals surface area contributed by atoms with E-state index in [0.717, 1.165) is 10.6 Å². The second-order valence-corrected chi connectivity index (χ2v) is 10.8. The van der Waals surface area contributed by atoms with Crippen LogP contribution >= 0.6 is 11.8 Å². The van der Waals surface area contributed by atoms with Crippen molar-refractivity contribution in [1.29, 1.82) is 0 Å². The minimum Gasteiger partial charge on any atom is -0.325 e. The standard InChI is InChI=1S/C33H30N4O5S/c1-22(2)23-12-14-26(15-13-23)34-31(38)21-43-28-18-16-27(17-19-28)35-33(40)29(36-32(39)24-8-4-3-5-9-24)20-25-10-6-7-11-30(25)37(41)42/h3-20,22H,21H2,1-2H3,(H,34,38)(H,35,40)(H,36,39)/b29-20-. The number of nitrogens with zero attached hydrogens (tertiary/aromatic N) is 1. The number of amides is 3. The van der Waals surface area contributed by atoms with E-state index in [-0.39, 0.29) is 28.6 Å². The van der Waals surface area contributed by atoms with Crippen LogP contribution in [0, 0.1) is 10.1 Å². The molecule has 10 heteroatoms. The highest BCUT2D eigenvalue weighted by atomic mass is 32.2. The summed E-state index contributed by atoms with van der Waals surface area (Å²) in [4.78, 5) is 50.3. The van der Waals surface area contributed by atoms with Crippen molar-refractivity contribution in [1.82, 2.24) is 5.32 Å². The molecule has 0 spiro atoms. The number of nitro benzene ring substituents is 1. The molecule has 3 N–H and O–H groups in total. The van der Waals surface area contributed by atoms with Gasteiger partial charge in [0, 0.05) is 27.9 Å². The molecule has 0 aliphatic rings. The number of benzene rings is 4. The van der Waals surface area contributed by atoms with E-state index in [1.54, 1.807) is 60.7 Å². The molecule has 0 aliphatic heterocycles. The molecule has 4 rings (SSSR count). The van der Waals surface area contributed by atoms with Gasteiger partial charge in [-0.05, 0) is 72.2 Å². The van der Waals surface area contributed by atoms with Gasteiger partial charge in [-0.15, -0.1) is 11.8 Å². The summed E-state index contributed by atoms with van der Waals surface area (Å²) < 4.78 is 0. The van der Waals surface area contributed by atoms with E-state index >= 15 is 0 Å². The lowest BCUT2D eigenvalue weighted by atomic mass is 10.0. The molecule has 43 heavy (non-hydrogen) atoms. The Morgan fingerprint density at radius 3 is 2.07 bits per heavy atom. The molecule has 0 unspecified atom stereocenters. The summed E-state index contributed by atoms with van der Waals surface area (Å²) in [6.45, 7) is 4.22. The van der Waals surface area contributed by atoms with Crippen LogP contribution in [0.3, 0.4) is 0 Å². The molecule has 0 aliphatic carbocycles. The first-order chi connectivity index (χ1) is 20.7. The van der Waals surface area contributed by atoms with Crippen LogP contribution < -0.4 is 16.0 Å². The van der Waals surface area contributed by atoms with E-state index in [4.69, 9.17) is 0 Å². The van der Waals surface area contributed by atoms with Crippen molar-refractivity contribution >= 4 is 52.6 Å². The smallest absolute Gasteiger partial charge is 0.276 e. The molecule has 0 heterocycles. The lowest BCUT2D eigenvalue weighted by Gasteiger charge is -2.12. The molecule has 0 radical (unpaired) electrons. The van der Waals surface area contributed by atoms with Crippen LogP contribution in [0.4, 0.5) is 17.1 Å². The van der Waals surface area contributed by atoms with Crippen LogP contribution in [-0.2, 0) is 9.59 Å². The Morgan fingerprint density at radius 2 is 1.42 bits per heavy atom. The average Bonchev–Trinajstić information content (AvgIpc) is 3.01. The molecule has 0 bridgehead atoms. The molecule has 4 aromatic carbocycles. The highest BCUT2D eigenvalue weighted by Gasteiger charge is 2.18. The van der Waals surface area contributed by atoms with Crippen LogP contribution in [0.25, 0.3) is 6.08 Å². The van der Waals surface area contributed by atoms with E-state index in [2.05, 4.69) is 29.8 Å². The largest absolute Gasteiger partial charge is 0.325 e. The lowest BCUT2D eigenvalue weighted by Crippen LogP contribution is -2.30. The summed E-state index contributed by atoms with van der Waals surface area (Å²) in [5, 5.41) is 19.7. The van der Waals surface area contributed by atoms with Gasteiger partial charge in [0.1, 0.15) is 5.70 Å². The molecule has 0 fully saturated rings. The first-order valence-electron chi connectivity index (χ1n) is 13.4. The summed E-state index contributed by atoms with van der Waals surface area (Å²) in [5.74, 6) is -0.730. The van der Waals surface area contributed by atoms with Gasteiger partial charge in [-0.3, -0.25) is 24.5 Å². The second kappa shape index (κ2) is 14.6. The SMILES string of the molecule is CC(C)c1ccc(NC(=O)CSc2ccc(NC(=O)/C(=C/c3ccccc3[N+](=O)[O-])NC(=O)c3ccccc3)cc2)cc1. The van der Waals surface area contributed by atoms with E-state index < -0.39 is 16.7 Å². The van der Waals surface area contributed by atoms with Gasteiger partial charge in [0.25, 0.3) is 17.5 Å². The van der Waals surface area contributed by atoms with Gasteiger partial charge >= 0.3 is 0 Å². The normalized spacial score (nSPS) is 11.1. The number of nitrogens with one attached hydrogen (secondary N) is 3. The minimum atomic E-state index is -0.661. The molecule has 0 saturated carbocycles. The number of carbonyl (C=O) groups is 3. The van der Waals surface area contributed by atoms with E-state index in [1.165, 1.54) is 41.6 Å². The number of nitro groups is 1. The molecule has 0 aromatic heterocycles. The predicted octanol–water partition coefficient (Wildman–Crippen LogP) is 6.86. The molecule has 4 aromatic rings. The Labute approximate surface area is 253 Å². The fraction of sp³-hybridized carbons (Fsp3) is 0.121. The Hall–Kier alpha value is -5.22. The Balaban J connectivity index is 1.42. The number of rotatable bonds is 11. The first-order valence-corrected chi connectivity index (χ1v) is 14.4. The van der Waals surface area contributed by atoms with Crippen LogP contribution in [0.2, 0.25) is 0 Å². The number of para-hydroxylation sites is 1. The maximum Gasteiger partial charge on any atom is 0.276 e. The van der Waals surface area contributed by atoms with Crippen molar-refractivity contribution in [2.45, 2.75) is 24.7 Å². The highest BCUT2D eigenvalue weighted by Crippen LogP contribution is 2.23. The zero-order chi connectivity index (χ0) is 30.8. The molecule has 3 amide bonds. The fourth-order valence-corrected chi connectivity index (χ4v) is 4.70. The van der Waals surface area contributed by atoms with E-state index in [9.17, 15) is 24.5 Å². The summed E-state index contributed by atoms with van der Waals surface area (Å²) in [7, 11) is 0. The number of anilines is 2. The van der Waals surface area contributed by atoms with E-state index in [1.807, 2.05) is 24.3 Å². The van der Waals surface area contributed by atoms with Crippen molar-refractivity contribution in [2.75, 3.05) is 16.4 Å². The van der Waals surface area contributed by atoms with Crippen molar-refractivity contribution in [2.24, 2.45) is 0 Å². The minimum absolute atomic E-state index is 0.140. The van der Waals surface area contributed by atoms with Crippen LogP contribution in [-0.4, -0.2) is 28.4 Å². The van der Waals surface area contributed by atoms with Crippen molar-refractivity contribution in [3.8, 4) is 0 Å². The average molecular weight is 595 g/mol. The number of carbonyl (C=O) groups excluding carboxylic acids is 3. The Morgan fingerprint density at radius 1 is 0.814 bits per heavy atom. The maximum atomic E-state index is 13.3. The summed E-state index contributed by atoms with van der Waals surface area (Å²) in [5.41, 5.74) is 2.47. The van der Waals surface area contributed by atoms with Gasteiger partial charge in [-0.1, -0.05) is 56.3 Å². The topological polar surface area (TPSA) is 130 Å². The van der Waals surface area contributed by atoms with Gasteiger partial charge < -0.3 is 16.0 Å². The van der Waals surface area contributed by atoms with Crippen LogP contribution in [0.5, 0.6) is 0 Å².